The lowest BCUT2D eigenvalue weighted by Gasteiger charge is -2.54. The van der Waals surface area contributed by atoms with E-state index in [1.54, 1.807) is 39.0 Å². The van der Waals surface area contributed by atoms with Crippen molar-refractivity contribution in [3.05, 3.63) is 22.4 Å². The second-order valence-electron chi connectivity index (χ2n) is 13.0. The van der Waals surface area contributed by atoms with E-state index in [0.717, 1.165) is 12.8 Å². The Morgan fingerprint density at radius 3 is 2.46 bits per heavy atom. The molecule has 2 fully saturated rings. The van der Waals surface area contributed by atoms with Crippen molar-refractivity contribution in [2.45, 2.75) is 122 Å². The van der Waals surface area contributed by atoms with E-state index in [2.05, 4.69) is 25.2 Å². The van der Waals surface area contributed by atoms with Crippen LogP contribution in [0.4, 0.5) is 0 Å². The molecule has 3 N–H and O–H groups in total. The number of amides is 1. The lowest BCUT2D eigenvalue weighted by atomic mass is 9.52. The maximum Gasteiger partial charge on any atom is 0.353 e. The summed E-state index contributed by atoms with van der Waals surface area (Å²) in [5, 5.41) is 27.4. The van der Waals surface area contributed by atoms with E-state index in [1.807, 2.05) is 11.4 Å². The Balaban J connectivity index is 1.74. The first kappa shape index (κ1) is 31.5. The number of carbonyl (C=O) groups excluding carboxylic acids is 3. The molecule has 0 bridgehead atoms. The Kier molecular flexibility index (Phi) is 9.57. The molecule has 1 saturated heterocycles. The van der Waals surface area contributed by atoms with Crippen molar-refractivity contribution < 1.29 is 34.1 Å². The first-order chi connectivity index (χ1) is 18.0. The topological polar surface area (TPSA) is 125 Å². The lowest BCUT2D eigenvalue weighted by molar-refractivity contribution is -0.176. The molecule has 1 saturated carbocycles. The molecule has 1 aromatic heterocycles. The number of esters is 2. The monoisotopic (exact) mass is 566 g/mol. The number of hydrogen-bond acceptors (Lipinski definition) is 9. The summed E-state index contributed by atoms with van der Waals surface area (Å²) in [5.74, 6) is -1.86. The van der Waals surface area contributed by atoms with Gasteiger partial charge in [0.2, 0.25) is 11.6 Å². The van der Waals surface area contributed by atoms with Crippen molar-refractivity contribution in [3.63, 3.8) is 0 Å². The summed E-state index contributed by atoms with van der Waals surface area (Å²) in [6.07, 6.45) is 1.90. The Hall–Kier alpha value is -2.01. The zero-order valence-corrected chi connectivity index (χ0v) is 25.2. The minimum absolute atomic E-state index is 0.0292. The molecule has 10 heteroatoms. The highest BCUT2D eigenvalue weighted by Gasteiger charge is 2.53. The van der Waals surface area contributed by atoms with Crippen molar-refractivity contribution >= 4 is 29.2 Å². The number of thiophene rings is 1. The molecule has 0 aromatic carbocycles. The van der Waals surface area contributed by atoms with Crippen LogP contribution in [0.3, 0.4) is 0 Å². The smallest absolute Gasteiger partial charge is 0.353 e. The maximum absolute atomic E-state index is 13.4. The molecule has 2 aliphatic rings. The predicted octanol–water partition coefficient (Wildman–Crippen LogP) is 3.51. The van der Waals surface area contributed by atoms with E-state index in [1.165, 1.54) is 16.7 Å². The van der Waals surface area contributed by atoms with Gasteiger partial charge in [0.05, 0.1) is 18.8 Å². The molecule has 220 valence electrons. The predicted molar refractivity (Wildman–Crippen MR) is 149 cm³/mol. The van der Waals surface area contributed by atoms with Gasteiger partial charge in [0.25, 0.3) is 0 Å². The highest BCUT2D eigenvalue weighted by atomic mass is 32.1. The van der Waals surface area contributed by atoms with Gasteiger partial charge in [-0.25, -0.2) is 9.59 Å². The molecule has 1 aliphatic carbocycles. The third kappa shape index (κ3) is 7.60. The van der Waals surface area contributed by atoms with Crippen LogP contribution < -0.4 is 5.32 Å². The lowest BCUT2D eigenvalue weighted by Crippen LogP contribution is -2.62. The second-order valence-corrected chi connectivity index (χ2v) is 14.0. The normalized spacial score (nSPS) is 23.3. The Labute approximate surface area is 236 Å². The Morgan fingerprint density at radius 2 is 1.92 bits per heavy atom. The minimum Gasteiger partial charge on any atom is -0.463 e. The first-order valence-corrected chi connectivity index (χ1v) is 14.8. The summed E-state index contributed by atoms with van der Waals surface area (Å²) < 4.78 is 10.6. The van der Waals surface area contributed by atoms with Crippen LogP contribution in [0.1, 0.15) is 91.9 Å². The standard InChI is InChI=1S/C29H46N2O7S/c1-8-37-25(35)29(36,16-20(32)15-28(17-27(6,7)18-28)22-12-10-14-39-22)30-19(2)23(33)31-13-9-11-21(31)24(34)38-26(3,4)5/h10,12,14,19-21,30,32,36H,8-9,11,13,15-18H2,1-7H3/t19-,20?,21-,29?/m0/s1. The Morgan fingerprint density at radius 1 is 1.26 bits per heavy atom. The molecule has 0 spiro atoms. The third-order valence-corrected chi connectivity index (χ3v) is 8.60. The third-order valence-electron chi connectivity index (χ3n) is 7.49. The molecular weight excluding hydrogens is 520 g/mol. The number of rotatable bonds is 11. The zero-order chi connectivity index (χ0) is 29.2. The quantitative estimate of drug-likeness (QED) is 0.275. The van der Waals surface area contributed by atoms with Crippen LogP contribution in [-0.2, 0) is 29.3 Å². The van der Waals surface area contributed by atoms with Gasteiger partial charge in [0.1, 0.15) is 11.6 Å². The number of hydrogen-bond donors (Lipinski definition) is 3. The van der Waals surface area contributed by atoms with Gasteiger partial charge in [0, 0.05) is 23.3 Å². The van der Waals surface area contributed by atoms with Gasteiger partial charge in [-0.1, -0.05) is 19.9 Å². The fourth-order valence-corrected chi connectivity index (χ4v) is 7.35. The zero-order valence-electron chi connectivity index (χ0n) is 24.4. The molecule has 1 aromatic rings. The van der Waals surface area contributed by atoms with Gasteiger partial charge in [0.15, 0.2) is 0 Å². The molecule has 2 heterocycles. The molecule has 1 amide bonds. The maximum atomic E-state index is 13.4. The second kappa shape index (κ2) is 11.8. The van der Waals surface area contributed by atoms with Crippen LogP contribution in [0.25, 0.3) is 0 Å². The number of aliphatic hydroxyl groups is 2. The average molecular weight is 567 g/mol. The van der Waals surface area contributed by atoms with Crippen LogP contribution in [0.5, 0.6) is 0 Å². The number of carbonyl (C=O) groups is 3. The van der Waals surface area contributed by atoms with Gasteiger partial charge in [-0.05, 0) is 83.6 Å². The van der Waals surface area contributed by atoms with Crippen LogP contribution in [-0.4, -0.2) is 75.6 Å². The fraction of sp³-hybridized carbons (Fsp3) is 0.759. The van der Waals surface area contributed by atoms with Gasteiger partial charge in [-0.2, -0.15) is 0 Å². The van der Waals surface area contributed by atoms with Crippen molar-refractivity contribution in [3.8, 4) is 0 Å². The summed E-state index contributed by atoms with van der Waals surface area (Å²) in [6.45, 7) is 13.3. The van der Waals surface area contributed by atoms with Crippen molar-refractivity contribution in [1.29, 1.82) is 0 Å². The molecule has 9 nitrogen and oxygen atoms in total. The number of nitrogens with one attached hydrogen (secondary N) is 1. The van der Waals surface area contributed by atoms with E-state index in [-0.39, 0.29) is 23.9 Å². The summed E-state index contributed by atoms with van der Waals surface area (Å²) in [5.41, 5.74) is -3.07. The summed E-state index contributed by atoms with van der Waals surface area (Å²) in [7, 11) is 0. The molecule has 39 heavy (non-hydrogen) atoms. The van der Waals surface area contributed by atoms with E-state index in [9.17, 15) is 24.6 Å². The fourth-order valence-electron chi connectivity index (χ4n) is 6.41. The number of nitrogens with zero attached hydrogens (tertiary/aromatic N) is 1. The van der Waals surface area contributed by atoms with Crippen molar-refractivity contribution in [2.75, 3.05) is 13.2 Å². The van der Waals surface area contributed by atoms with Crippen molar-refractivity contribution in [1.82, 2.24) is 10.2 Å². The van der Waals surface area contributed by atoms with E-state index >= 15 is 0 Å². The van der Waals surface area contributed by atoms with E-state index in [0.29, 0.717) is 25.8 Å². The molecule has 2 unspecified atom stereocenters. The average Bonchev–Trinajstić information content (AvgIpc) is 3.48. The number of ether oxygens (including phenoxy) is 2. The summed E-state index contributed by atoms with van der Waals surface area (Å²) in [4.78, 5) is 41.7. The highest BCUT2D eigenvalue weighted by Crippen LogP contribution is 2.58. The molecule has 4 atom stereocenters. The van der Waals surface area contributed by atoms with Crippen molar-refractivity contribution in [2.24, 2.45) is 5.41 Å². The van der Waals surface area contributed by atoms with Gasteiger partial charge < -0.3 is 24.6 Å². The first-order valence-electron chi connectivity index (χ1n) is 13.9. The minimum atomic E-state index is -2.29. The van der Waals surface area contributed by atoms with E-state index < -0.39 is 47.4 Å². The van der Waals surface area contributed by atoms with Crippen LogP contribution >= 0.6 is 11.3 Å². The SMILES string of the molecule is CCOC(=O)C(O)(CC(O)CC1(c2cccs2)CC(C)(C)C1)N[C@@H](C)C(=O)N1CCC[C@H]1C(=O)OC(C)(C)C. The number of aliphatic hydroxyl groups excluding tert-OH is 1. The largest absolute Gasteiger partial charge is 0.463 e. The number of likely N-dealkylation sites (tertiary alicyclic amines) is 1. The van der Waals surface area contributed by atoms with Gasteiger partial charge >= 0.3 is 11.9 Å². The highest BCUT2D eigenvalue weighted by molar-refractivity contribution is 7.10. The van der Waals surface area contributed by atoms with Crippen LogP contribution in [0.2, 0.25) is 0 Å². The molecular formula is C29H46N2O7S. The summed E-state index contributed by atoms with van der Waals surface area (Å²) in [6, 6.07) is 2.31. The van der Waals surface area contributed by atoms with Gasteiger partial charge in [-0.15, -0.1) is 11.3 Å². The van der Waals surface area contributed by atoms with E-state index in [4.69, 9.17) is 9.47 Å². The Bertz CT molecular complexity index is 1010. The van der Waals surface area contributed by atoms with Crippen LogP contribution in [0, 0.1) is 5.41 Å². The summed E-state index contributed by atoms with van der Waals surface area (Å²) >= 11 is 1.65. The molecule has 1 aliphatic heterocycles. The van der Waals surface area contributed by atoms with Gasteiger partial charge in [-0.3, -0.25) is 10.1 Å². The molecule has 0 radical (unpaired) electrons. The van der Waals surface area contributed by atoms with Crippen LogP contribution in [0.15, 0.2) is 17.5 Å². The molecule has 3 rings (SSSR count).